The molecular formula is C19H18N2O3. The summed E-state index contributed by atoms with van der Waals surface area (Å²) in [5.41, 5.74) is -0.0273. The Balaban J connectivity index is 2.07. The normalized spacial score (nSPS) is 10.7. The average Bonchev–Trinajstić information content (AvgIpc) is 2.62. The zero-order valence-corrected chi connectivity index (χ0v) is 13.4. The molecule has 0 unspecified atom stereocenters. The van der Waals surface area contributed by atoms with Crippen molar-refractivity contribution in [2.75, 3.05) is 0 Å². The molecule has 0 aliphatic carbocycles. The maximum absolute atomic E-state index is 12.6. The van der Waals surface area contributed by atoms with E-state index in [1.807, 2.05) is 13.0 Å². The predicted molar refractivity (Wildman–Crippen MR) is 92.3 cm³/mol. The number of unbranched alkanes of at least 4 members (excludes halogenated alkanes) is 1. The Morgan fingerprint density at radius 2 is 1.71 bits per heavy atom. The SMILES string of the molecule is CCCCn1nc(C(=O)Oc2ccccc2)c2ccccc2c1=O. The first-order valence-corrected chi connectivity index (χ1v) is 7.98. The minimum Gasteiger partial charge on any atom is -0.422 e. The number of carbonyl (C=O) groups is 1. The van der Waals surface area contributed by atoms with E-state index in [2.05, 4.69) is 5.10 Å². The molecule has 0 saturated carbocycles. The summed E-state index contributed by atoms with van der Waals surface area (Å²) in [5.74, 6) is -0.123. The number of nitrogens with zero attached hydrogens (tertiary/aromatic N) is 2. The summed E-state index contributed by atoms with van der Waals surface area (Å²) in [4.78, 5) is 25.1. The van der Waals surface area contributed by atoms with E-state index < -0.39 is 5.97 Å². The summed E-state index contributed by atoms with van der Waals surface area (Å²) in [7, 11) is 0. The number of rotatable bonds is 5. The second-order valence-corrected chi connectivity index (χ2v) is 5.48. The molecule has 0 N–H and O–H groups in total. The first-order valence-electron chi connectivity index (χ1n) is 7.98. The second kappa shape index (κ2) is 7.08. The van der Waals surface area contributed by atoms with Gasteiger partial charge in [0.05, 0.1) is 5.39 Å². The maximum Gasteiger partial charge on any atom is 0.364 e. The lowest BCUT2D eigenvalue weighted by atomic mass is 10.1. The van der Waals surface area contributed by atoms with Crippen LogP contribution < -0.4 is 10.3 Å². The molecule has 0 amide bonds. The number of esters is 1. The van der Waals surface area contributed by atoms with Crippen LogP contribution in [0, 0.1) is 0 Å². The highest BCUT2D eigenvalue weighted by Gasteiger charge is 2.18. The van der Waals surface area contributed by atoms with E-state index >= 15 is 0 Å². The molecule has 5 nitrogen and oxygen atoms in total. The molecule has 1 heterocycles. The van der Waals surface area contributed by atoms with E-state index in [0.717, 1.165) is 12.8 Å². The van der Waals surface area contributed by atoms with Crippen LogP contribution in [0.4, 0.5) is 0 Å². The van der Waals surface area contributed by atoms with Crippen molar-refractivity contribution in [1.82, 2.24) is 9.78 Å². The van der Waals surface area contributed by atoms with Crippen molar-refractivity contribution in [2.45, 2.75) is 26.3 Å². The Hall–Kier alpha value is -2.95. The molecule has 1 aromatic heterocycles. The van der Waals surface area contributed by atoms with Crippen LogP contribution in [0.3, 0.4) is 0 Å². The molecule has 3 rings (SSSR count). The van der Waals surface area contributed by atoms with Gasteiger partial charge in [-0.05, 0) is 24.6 Å². The summed E-state index contributed by atoms with van der Waals surface area (Å²) in [6.07, 6.45) is 1.75. The van der Waals surface area contributed by atoms with Gasteiger partial charge in [0.25, 0.3) is 5.56 Å². The van der Waals surface area contributed by atoms with E-state index in [0.29, 0.717) is 23.1 Å². The van der Waals surface area contributed by atoms with E-state index in [1.165, 1.54) is 4.68 Å². The Morgan fingerprint density at radius 1 is 1.04 bits per heavy atom. The van der Waals surface area contributed by atoms with Gasteiger partial charge in [0.1, 0.15) is 5.75 Å². The number of fused-ring (bicyclic) bond motifs is 1. The highest BCUT2D eigenvalue weighted by molar-refractivity contribution is 6.02. The third-order valence-corrected chi connectivity index (χ3v) is 3.74. The van der Waals surface area contributed by atoms with E-state index in [4.69, 9.17) is 4.74 Å². The van der Waals surface area contributed by atoms with Gasteiger partial charge >= 0.3 is 5.97 Å². The average molecular weight is 322 g/mol. The van der Waals surface area contributed by atoms with Crippen LogP contribution in [0.25, 0.3) is 10.8 Å². The second-order valence-electron chi connectivity index (χ2n) is 5.48. The lowest BCUT2D eigenvalue weighted by molar-refractivity contribution is 0.0728. The van der Waals surface area contributed by atoms with Crippen LogP contribution in [-0.4, -0.2) is 15.7 Å². The van der Waals surface area contributed by atoms with Crippen molar-refractivity contribution in [2.24, 2.45) is 0 Å². The van der Waals surface area contributed by atoms with E-state index in [1.54, 1.807) is 48.5 Å². The number of aryl methyl sites for hydroxylation is 1. The lowest BCUT2D eigenvalue weighted by Gasteiger charge is -2.10. The molecule has 5 heteroatoms. The van der Waals surface area contributed by atoms with Crippen molar-refractivity contribution in [1.29, 1.82) is 0 Å². The molecule has 0 bridgehead atoms. The minimum atomic E-state index is -0.567. The minimum absolute atomic E-state index is 0.158. The van der Waals surface area contributed by atoms with Crippen LogP contribution in [-0.2, 0) is 6.54 Å². The predicted octanol–water partition coefficient (Wildman–Crippen LogP) is 3.42. The van der Waals surface area contributed by atoms with Gasteiger partial charge in [0, 0.05) is 11.9 Å². The Bertz CT molecular complexity index is 917. The number of aromatic nitrogens is 2. The van der Waals surface area contributed by atoms with Gasteiger partial charge in [0.15, 0.2) is 5.69 Å². The number of ether oxygens (including phenoxy) is 1. The number of hydrogen-bond acceptors (Lipinski definition) is 4. The fourth-order valence-electron chi connectivity index (χ4n) is 2.49. The van der Waals surface area contributed by atoms with Crippen LogP contribution in [0.2, 0.25) is 0 Å². The molecule has 24 heavy (non-hydrogen) atoms. The quantitative estimate of drug-likeness (QED) is 0.533. The molecule has 0 fully saturated rings. The third-order valence-electron chi connectivity index (χ3n) is 3.74. The highest BCUT2D eigenvalue weighted by atomic mass is 16.5. The van der Waals surface area contributed by atoms with Gasteiger partial charge in [-0.25, -0.2) is 9.48 Å². The maximum atomic E-state index is 12.6. The van der Waals surface area contributed by atoms with Crippen molar-refractivity contribution >= 4 is 16.7 Å². The molecule has 2 aromatic carbocycles. The van der Waals surface area contributed by atoms with E-state index in [9.17, 15) is 9.59 Å². The van der Waals surface area contributed by atoms with Crippen molar-refractivity contribution < 1.29 is 9.53 Å². The number of carbonyl (C=O) groups excluding carboxylic acids is 1. The summed E-state index contributed by atoms with van der Waals surface area (Å²) >= 11 is 0. The zero-order chi connectivity index (χ0) is 16.9. The molecule has 0 spiro atoms. The summed E-state index contributed by atoms with van der Waals surface area (Å²) in [6.45, 7) is 2.52. The molecule has 0 saturated heterocycles. The Kier molecular flexibility index (Phi) is 4.70. The fraction of sp³-hybridized carbons (Fsp3) is 0.211. The van der Waals surface area contributed by atoms with Gasteiger partial charge in [-0.2, -0.15) is 5.10 Å². The zero-order valence-electron chi connectivity index (χ0n) is 13.4. The lowest BCUT2D eigenvalue weighted by Crippen LogP contribution is -2.27. The monoisotopic (exact) mass is 322 g/mol. The molecular weight excluding hydrogens is 304 g/mol. The number of para-hydroxylation sites is 1. The van der Waals surface area contributed by atoms with Gasteiger partial charge in [-0.15, -0.1) is 0 Å². The molecule has 0 radical (unpaired) electrons. The summed E-state index contributed by atoms with van der Waals surface area (Å²) in [6, 6.07) is 15.8. The molecule has 0 atom stereocenters. The largest absolute Gasteiger partial charge is 0.422 e. The van der Waals surface area contributed by atoms with Crippen LogP contribution in [0.5, 0.6) is 5.75 Å². The summed E-state index contributed by atoms with van der Waals surface area (Å²) in [5, 5.41) is 5.25. The third kappa shape index (κ3) is 3.20. The van der Waals surface area contributed by atoms with E-state index in [-0.39, 0.29) is 11.3 Å². The first-order chi connectivity index (χ1) is 11.7. The standard InChI is InChI=1S/C19H18N2O3/c1-2-3-13-21-18(22)16-12-8-7-11-15(16)17(20-21)19(23)24-14-9-5-4-6-10-14/h4-12H,2-3,13H2,1H3. The summed E-state index contributed by atoms with van der Waals surface area (Å²) < 4.78 is 6.75. The first kappa shape index (κ1) is 15.9. The smallest absolute Gasteiger partial charge is 0.364 e. The van der Waals surface area contributed by atoms with Crippen molar-refractivity contribution in [3.05, 3.63) is 70.6 Å². The van der Waals surface area contributed by atoms with Gasteiger partial charge in [-0.1, -0.05) is 49.7 Å². The van der Waals surface area contributed by atoms with Gasteiger partial charge < -0.3 is 4.74 Å². The fourth-order valence-corrected chi connectivity index (χ4v) is 2.49. The van der Waals surface area contributed by atoms with Crippen LogP contribution in [0.15, 0.2) is 59.4 Å². The number of benzene rings is 2. The highest BCUT2D eigenvalue weighted by Crippen LogP contribution is 2.17. The van der Waals surface area contributed by atoms with Crippen LogP contribution >= 0.6 is 0 Å². The van der Waals surface area contributed by atoms with Crippen molar-refractivity contribution in [3.63, 3.8) is 0 Å². The Morgan fingerprint density at radius 3 is 2.42 bits per heavy atom. The number of hydrogen-bond donors (Lipinski definition) is 0. The molecule has 0 aliphatic rings. The topological polar surface area (TPSA) is 61.2 Å². The molecule has 0 aliphatic heterocycles. The van der Waals surface area contributed by atoms with Gasteiger partial charge in [-0.3, -0.25) is 4.79 Å². The van der Waals surface area contributed by atoms with Crippen LogP contribution in [0.1, 0.15) is 30.3 Å². The molecule has 3 aromatic rings. The van der Waals surface area contributed by atoms with Gasteiger partial charge in [0.2, 0.25) is 0 Å². The van der Waals surface area contributed by atoms with Crippen molar-refractivity contribution in [3.8, 4) is 5.75 Å². The molecule has 122 valence electrons. The Labute approximate surface area is 139 Å².